The smallest absolute Gasteiger partial charge is 0.355 e. The Morgan fingerprint density at radius 3 is 2.41 bits per heavy atom. The first-order chi connectivity index (χ1) is 16.2. The van der Waals surface area contributed by atoms with Gasteiger partial charge in [-0.15, -0.1) is 0 Å². The SMILES string of the molecule is CNC(=O)c1ccc(C2=C(C(=O)OCc3ccc([N+](=O)[O-])cc3)N3C(=O)[C@H]([C@@H](C)O)[C@H]3C2)cc1. The van der Waals surface area contributed by atoms with Gasteiger partial charge in [0.05, 0.1) is 23.0 Å². The Kier molecular flexibility index (Phi) is 6.16. The third-order valence-electron chi connectivity index (χ3n) is 6.16. The Morgan fingerprint density at radius 1 is 1.21 bits per heavy atom. The number of nitro benzene ring substituents is 1. The second kappa shape index (κ2) is 9.06. The molecule has 10 heteroatoms. The molecule has 2 heterocycles. The highest BCUT2D eigenvalue weighted by atomic mass is 16.6. The van der Waals surface area contributed by atoms with Gasteiger partial charge in [0.25, 0.3) is 11.6 Å². The fraction of sp³-hybridized carbons (Fsp3) is 0.292. The molecule has 1 fully saturated rings. The molecule has 0 radical (unpaired) electrons. The number of fused-ring (bicyclic) bond motifs is 1. The number of non-ortho nitro benzene ring substituents is 1. The molecule has 0 aliphatic carbocycles. The highest BCUT2D eigenvalue weighted by Crippen LogP contribution is 2.47. The zero-order valence-corrected chi connectivity index (χ0v) is 18.6. The van der Waals surface area contributed by atoms with Crippen LogP contribution >= 0.6 is 0 Å². The standard InChI is InChI=1S/C24H23N3O7/c1-13(28)20-19-11-18(15-5-7-16(8-6-15)22(29)25-2)21(26(19)23(20)30)24(31)34-12-14-3-9-17(10-4-14)27(32)33/h3-10,13,19-20,28H,11-12H2,1-2H3,(H,25,29)/t13-,19-,20-/m1/s1. The lowest BCUT2D eigenvalue weighted by atomic mass is 9.82. The summed E-state index contributed by atoms with van der Waals surface area (Å²) in [4.78, 5) is 49.4. The molecule has 0 bridgehead atoms. The van der Waals surface area contributed by atoms with Gasteiger partial charge >= 0.3 is 5.97 Å². The molecule has 2 aromatic carbocycles. The van der Waals surface area contributed by atoms with Gasteiger partial charge in [-0.3, -0.25) is 19.7 Å². The van der Waals surface area contributed by atoms with Crippen LogP contribution in [0.1, 0.15) is 34.8 Å². The van der Waals surface area contributed by atoms with E-state index < -0.39 is 22.9 Å². The van der Waals surface area contributed by atoms with Crippen LogP contribution in [0.2, 0.25) is 0 Å². The predicted octanol–water partition coefficient (Wildman–Crippen LogP) is 2.02. The van der Waals surface area contributed by atoms with E-state index in [-0.39, 0.29) is 35.8 Å². The van der Waals surface area contributed by atoms with Crippen molar-refractivity contribution < 1.29 is 29.2 Å². The number of nitro groups is 1. The van der Waals surface area contributed by atoms with Gasteiger partial charge in [-0.2, -0.15) is 0 Å². The van der Waals surface area contributed by atoms with Gasteiger partial charge in [-0.1, -0.05) is 12.1 Å². The van der Waals surface area contributed by atoms with Crippen LogP contribution in [0.5, 0.6) is 0 Å². The first-order valence-electron chi connectivity index (χ1n) is 10.7. The van der Waals surface area contributed by atoms with E-state index >= 15 is 0 Å². The summed E-state index contributed by atoms with van der Waals surface area (Å²) in [6.07, 6.45) is -0.496. The lowest BCUT2D eigenvalue weighted by molar-refractivity contribution is -0.384. The maximum absolute atomic E-state index is 13.1. The van der Waals surface area contributed by atoms with Crippen molar-refractivity contribution in [2.75, 3.05) is 7.05 Å². The number of β-lactam (4-membered cyclic amide) rings is 1. The van der Waals surface area contributed by atoms with Gasteiger partial charge in [0.1, 0.15) is 12.3 Å². The maximum atomic E-state index is 13.1. The zero-order valence-electron chi connectivity index (χ0n) is 18.6. The predicted molar refractivity (Wildman–Crippen MR) is 120 cm³/mol. The minimum atomic E-state index is -0.860. The molecule has 2 amide bonds. The van der Waals surface area contributed by atoms with Gasteiger partial charge in [-0.05, 0) is 54.3 Å². The highest BCUT2D eigenvalue weighted by Gasteiger charge is 2.57. The number of hydrogen-bond acceptors (Lipinski definition) is 7. The van der Waals surface area contributed by atoms with Crippen LogP contribution in [-0.2, 0) is 20.9 Å². The second-order valence-electron chi connectivity index (χ2n) is 8.23. The fourth-order valence-electron chi connectivity index (χ4n) is 4.41. The summed E-state index contributed by atoms with van der Waals surface area (Å²) >= 11 is 0. The molecule has 3 atom stereocenters. The number of rotatable bonds is 7. The fourth-order valence-corrected chi connectivity index (χ4v) is 4.41. The molecule has 0 aromatic heterocycles. The number of esters is 1. The third-order valence-corrected chi connectivity index (χ3v) is 6.16. The minimum absolute atomic E-state index is 0.0748. The van der Waals surface area contributed by atoms with Crippen molar-refractivity contribution >= 4 is 29.0 Å². The van der Waals surface area contributed by atoms with Crippen LogP contribution in [0.4, 0.5) is 5.69 Å². The van der Waals surface area contributed by atoms with Crippen LogP contribution in [0.15, 0.2) is 54.2 Å². The van der Waals surface area contributed by atoms with E-state index in [0.717, 1.165) is 0 Å². The van der Waals surface area contributed by atoms with Crippen molar-refractivity contribution in [3.8, 4) is 0 Å². The molecule has 2 N–H and O–H groups in total. The molecule has 0 unspecified atom stereocenters. The molecule has 2 aliphatic rings. The Labute approximate surface area is 195 Å². The van der Waals surface area contributed by atoms with E-state index in [0.29, 0.717) is 28.7 Å². The van der Waals surface area contributed by atoms with Crippen molar-refractivity contribution in [1.82, 2.24) is 10.2 Å². The summed E-state index contributed by atoms with van der Waals surface area (Å²) in [6, 6.07) is 11.9. The van der Waals surface area contributed by atoms with Crippen LogP contribution < -0.4 is 5.32 Å². The van der Waals surface area contributed by atoms with Crippen LogP contribution in [0, 0.1) is 16.0 Å². The Morgan fingerprint density at radius 2 is 1.85 bits per heavy atom. The monoisotopic (exact) mass is 465 g/mol. The number of aliphatic hydroxyl groups excluding tert-OH is 1. The Hall–Kier alpha value is -4.05. The van der Waals surface area contributed by atoms with Crippen molar-refractivity contribution in [3.05, 3.63) is 81.0 Å². The maximum Gasteiger partial charge on any atom is 0.355 e. The first kappa shape index (κ1) is 23.1. The first-order valence-corrected chi connectivity index (χ1v) is 10.7. The molecule has 34 heavy (non-hydrogen) atoms. The van der Waals surface area contributed by atoms with E-state index in [1.165, 1.54) is 36.2 Å². The summed E-state index contributed by atoms with van der Waals surface area (Å²) in [5.41, 5.74) is 2.31. The Balaban J connectivity index is 1.60. The number of benzene rings is 2. The van der Waals surface area contributed by atoms with Gasteiger partial charge in [0, 0.05) is 24.7 Å². The van der Waals surface area contributed by atoms with Gasteiger partial charge in [0.15, 0.2) is 0 Å². The van der Waals surface area contributed by atoms with Crippen molar-refractivity contribution in [3.63, 3.8) is 0 Å². The molecule has 176 valence electrons. The molecule has 1 saturated heterocycles. The normalized spacial score (nSPS) is 19.9. The van der Waals surface area contributed by atoms with Gasteiger partial charge < -0.3 is 20.1 Å². The second-order valence-corrected chi connectivity index (χ2v) is 8.23. The largest absolute Gasteiger partial charge is 0.456 e. The van der Waals surface area contributed by atoms with E-state index in [2.05, 4.69) is 5.32 Å². The number of carbonyl (C=O) groups is 3. The zero-order chi connectivity index (χ0) is 24.6. The molecular weight excluding hydrogens is 442 g/mol. The number of aliphatic hydroxyl groups is 1. The molecule has 0 spiro atoms. The summed E-state index contributed by atoms with van der Waals surface area (Å²) < 4.78 is 5.45. The van der Waals surface area contributed by atoms with Crippen LogP contribution in [0.25, 0.3) is 5.57 Å². The van der Waals surface area contributed by atoms with Gasteiger partial charge in [-0.25, -0.2) is 4.79 Å². The average molecular weight is 465 g/mol. The molecule has 4 rings (SSSR count). The van der Waals surface area contributed by atoms with E-state index in [4.69, 9.17) is 4.74 Å². The summed E-state index contributed by atoms with van der Waals surface area (Å²) in [6.45, 7) is 1.42. The topological polar surface area (TPSA) is 139 Å². The number of nitrogens with zero attached hydrogens (tertiary/aromatic N) is 2. The number of amides is 2. The average Bonchev–Trinajstić information content (AvgIpc) is 3.17. The molecule has 10 nitrogen and oxygen atoms in total. The highest BCUT2D eigenvalue weighted by molar-refractivity contribution is 6.07. The third kappa shape index (κ3) is 4.03. The minimum Gasteiger partial charge on any atom is -0.456 e. The number of nitrogens with one attached hydrogen (secondary N) is 1. The van der Waals surface area contributed by atoms with E-state index in [1.54, 1.807) is 31.2 Å². The summed E-state index contributed by atoms with van der Waals surface area (Å²) in [5.74, 6) is -1.91. The van der Waals surface area contributed by atoms with Crippen LogP contribution in [-0.4, -0.2) is 51.9 Å². The van der Waals surface area contributed by atoms with Crippen molar-refractivity contribution in [2.45, 2.75) is 32.1 Å². The van der Waals surface area contributed by atoms with Gasteiger partial charge in [0.2, 0.25) is 5.91 Å². The quantitative estimate of drug-likeness (QED) is 0.276. The molecular formula is C24H23N3O7. The lowest BCUT2D eigenvalue weighted by Gasteiger charge is -2.44. The lowest BCUT2D eigenvalue weighted by Crippen LogP contribution is -2.61. The molecule has 2 aromatic rings. The summed E-state index contributed by atoms with van der Waals surface area (Å²) in [7, 11) is 1.53. The van der Waals surface area contributed by atoms with E-state index in [1.807, 2.05) is 0 Å². The van der Waals surface area contributed by atoms with Crippen molar-refractivity contribution in [2.24, 2.45) is 5.92 Å². The van der Waals surface area contributed by atoms with E-state index in [9.17, 15) is 29.6 Å². The number of carbonyl (C=O) groups excluding carboxylic acids is 3. The molecule has 0 saturated carbocycles. The van der Waals surface area contributed by atoms with Crippen LogP contribution in [0.3, 0.4) is 0 Å². The number of hydrogen-bond donors (Lipinski definition) is 2. The molecule has 2 aliphatic heterocycles. The van der Waals surface area contributed by atoms with Crippen molar-refractivity contribution in [1.29, 1.82) is 0 Å². The summed E-state index contributed by atoms with van der Waals surface area (Å²) in [5, 5.41) is 23.4. The number of ether oxygens (including phenoxy) is 1. The Bertz CT molecular complexity index is 1190.